The zero-order valence-electron chi connectivity index (χ0n) is 13.2. The SMILES string of the molecule is CCCN(CC(O)CC1CCCC1)CC(C)(C)CN. The molecule has 114 valence electrons. The number of rotatable bonds is 9. The molecule has 0 amide bonds. The maximum atomic E-state index is 10.3. The molecule has 0 radical (unpaired) electrons. The Morgan fingerprint density at radius 1 is 1.32 bits per heavy atom. The second-order valence-corrected chi connectivity index (χ2v) is 7.14. The first kappa shape index (κ1) is 16.9. The standard InChI is InChI=1S/C16H34N2O/c1-4-9-18(13-16(2,3)12-17)11-15(19)10-14-7-5-6-8-14/h14-15,19H,4-13,17H2,1-3H3. The van der Waals surface area contributed by atoms with Gasteiger partial charge in [0.05, 0.1) is 6.10 Å². The Balaban J connectivity index is 2.38. The summed E-state index contributed by atoms with van der Waals surface area (Å²) < 4.78 is 0. The Bertz CT molecular complexity index is 237. The van der Waals surface area contributed by atoms with Gasteiger partial charge in [0, 0.05) is 13.1 Å². The monoisotopic (exact) mass is 270 g/mol. The molecule has 3 heteroatoms. The molecule has 0 spiro atoms. The molecular weight excluding hydrogens is 236 g/mol. The fraction of sp³-hybridized carbons (Fsp3) is 1.00. The summed E-state index contributed by atoms with van der Waals surface area (Å²) in [5, 5.41) is 10.3. The van der Waals surface area contributed by atoms with Crippen molar-refractivity contribution in [2.75, 3.05) is 26.2 Å². The molecule has 1 aliphatic rings. The lowest BCUT2D eigenvalue weighted by molar-refractivity contribution is 0.0734. The van der Waals surface area contributed by atoms with Gasteiger partial charge >= 0.3 is 0 Å². The van der Waals surface area contributed by atoms with E-state index in [1.165, 1.54) is 25.7 Å². The van der Waals surface area contributed by atoms with Crippen molar-refractivity contribution in [1.82, 2.24) is 4.90 Å². The van der Waals surface area contributed by atoms with Crippen molar-refractivity contribution in [2.45, 2.75) is 65.4 Å². The number of hydrogen-bond acceptors (Lipinski definition) is 3. The molecular formula is C16H34N2O. The van der Waals surface area contributed by atoms with Crippen LogP contribution in [0.4, 0.5) is 0 Å². The first-order valence-electron chi connectivity index (χ1n) is 8.07. The van der Waals surface area contributed by atoms with Crippen LogP contribution >= 0.6 is 0 Å². The van der Waals surface area contributed by atoms with Gasteiger partial charge in [-0.3, -0.25) is 0 Å². The minimum absolute atomic E-state index is 0.141. The third-order valence-electron chi connectivity index (χ3n) is 4.29. The van der Waals surface area contributed by atoms with Crippen LogP contribution in [0.3, 0.4) is 0 Å². The van der Waals surface area contributed by atoms with Gasteiger partial charge in [0.1, 0.15) is 0 Å². The summed E-state index contributed by atoms with van der Waals surface area (Å²) in [5.41, 5.74) is 5.97. The van der Waals surface area contributed by atoms with Crippen LogP contribution in [0.5, 0.6) is 0 Å². The van der Waals surface area contributed by atoms with Gasteiger partial charge in [-0.05, 0) is 37.3 Å². The number of aliphatic hydroxyl groups excluding tert-OH is 1. The highest BCUT2D eigenvalue weighted by Gasteiger charge is 2.24. The number of nitrogens with two attached hydrogens (primary N) is 1. The fourth-order valence-corrected chi connectivity index (χ4v) is 3.22. The number of aliphatic hydroxyl groups is 1. The molecule has 0 aromatic carbocycles. The number of nitrogens with zero attached hydrogens (tertiary/aromatic N) is 1. The lowest BCUT2D eigenvalue weighted by Crippen LogP contribution is -2.42. The second-order valence-electron chi connectivity index (χ2n) is 7.14. The van der Waals surface area contributed by atoms with E-state index in [2.05, 4.69) is 25.7 Å². The van der Waals surface area contributed by atoms with Gasteiger partial charge in [-0.15, -0.1) is 0 Å². The second kappa shape index (κ2) is 8.23. The Morgan fingerprint density at radius 2 is 1.95 bits per heavy atom. The first-order valence-corrected chi connectivity index (χ1v) is 8.07. The molecule has 3 N–H and O–H groups in total. The fourth-order valence-electron chi connectivity index (χ4n) is 3.22. The molecule has 1 rings (SSSR count). The molecule has 0 aliphatic heterocycles. The predicted octanol–water partition coefficient (Wildman–Crippen LogP) is 2.62. The van der Waals surface area contributed by atoms with Crippen LogP contribution < -0.4 is 5.73 Å². The van der Waals surface area contributed by atoms with E-state index < -0.39 is 0 Å². The molecule has 3 nitrogen and oxygen atoms in total. The molecule has 1 fully saturated rings. The lowest BCUT2D eigenvalue weighted by Gasteiger charge is -2.33. The highest BCUT2D eigenvalue weighted by atomic mass is 16.3. The van der Waals surface area contributed by atoms with Gasteiger partial charge in [0.15, 0.2) is 0 Å². The van der Waals surface area contributed by atoms with E-state index in [1.54, 1.807) is 0 Å². The van der Waals surface area contributed by atoms with E-state index in [0.29, 0.717) is 6.54 Å². The molecule has 0 saturated heterocycles. The van der Waals surface area contributed by atoms with Crippen LogP contribution in [-0.4, -0.2) is 42.3 Å². The summed E-state index contributed by atoms with van der Waals surface area (Å²) in [6, 6.07) is 0. The normalized spacial score (nSPS) is 19.3. The average molecular weight is 270 g/mol. The third kappa shape index (κ3) is 6.73. The highest BCUT2D eigenvalue weighted by molar-refractivity contribution is 4.78. The molecule has 0 aromatic heterocycles. The van der Waals surface area contributed by atoms with Gasteiger partial charge < -0.3 is 15.7 Å². The van der Waals surface area contributed by atoms with Crippen molar-refractivity contribution in [3.63, 3.8) is 0 Å². The Hall–Kier alpha value is -0.120. The Kier molecular flexibility index (Phi) is 7.33. The molecule has 1 unspecified atom stereocenters. The van der Waals surface area contributed by atoms with Crippen molar-refractivity contribution in [2.24, 2.45) is 17.1 Å². The molecule has 1 aliphatic carbocycles. The van der Waals surface area contributed by atoms with E-state index in [9.17, 15) is 5.11 Å². The van der Waals surface area contributed by atoms with Gasteiger partial charge in [-0.2, -0.15) is 0 Å². The van der Waals surface area contributed by atoms with Gasteiger partial charge in [0.2, 0.25) is 0 Å². The van der Waals surface area contributed by atoms with Crippen molar-refractivity contribution in [3.05, 3.63) is 0 Å². The molecule has 1 saturated carbocycles. The largest absolute Gasteiger partial charge is 0.392 e. The summed E-state index contributed by atoms with van der Waals surface area (Å²) in [7, 11) is 0. The van der Waals surface area contributed by atoms with Crippen LogP contribution in [0.15, 0.2) is 0 Å². The first-order chi connectivity index (χ1) is 8.96. The summed E-state index contributed by atoms with van der Waals surface area (Å²) in [6.07, 6.45) is 7.31. The van der Waals surface area contributed by atoms with Crippen LogP contribution in [0.2, 0.25) is 0 Å². The van der Waals surface area contributed by atoms with Crippen molar-refractivity contribution in [3.8, 4) is 0 Å². The Morgan fingerprint density at radius 3 is 2.47 bits per heavy atom. The van der Waals surface area contributed by atoms with Gasteiger partial charge in [0.25, 0.3) is 0 Å². The van der Waals surface area contributed by atoms with Gasteiger partial charge in [-0.1, -0.05) is 46.5 Å². The smallest absolute Gasteiger partial charge is 0.0669 e. The summed E-state index contributed by atoms with van der Waals surface area (Å²) in [5.74, 6) is 0.765. The van der Waals surface area contributed by atoms with E-state index in [4.69, 9.17) is 5.73 Å². The van der Waals surface area contributed by atoms with Crippen molar-refractivity contribution < 1.29 is 5.11 Å². The van der Waals surface area contributed by atoms with E-state index in [1.807, 2.05) is 0 Å². The predicted molar refractivity (Wildman–Crippen MR) is 82.1 cm³/mol. The van der Waals surface area contributed by atoms with E-state index in [-0.39, 0.29) is 11.5 Å². The van der Waals surface area contributed by atoms with Crippen LogP contribution in [-0.2, 0) is 0 Å². The van der Waals surface area contributed by atoms with Crippen molar-refractivity contribution in [1.29, 1.82) is 0 Å². The van der Waals surface area contributed by atoms with Crippen molar-refractivity contribution >= 4 is 0 Å². The molecule has 0 aromatic rings. The summed E-state index contributed by atoms with van der Waals surface area (Å²) in [6.45, 7) is 10.2. The zero-order chi connectivity index (χ0) is 14.3. The molecule has 1 atom stereocenters. The highest BCUT2D eigenvalue weighted by Crippen LogP contribution is 2.29. The van der Waals surface area contributed by atoms with E-state index in [0.717, 1.165) is 38.4 Å². The topological polar surface area (TPSA) is 49.5 Å². The summed E-state index contributed by atoms with van der Waals surface area (Å²) in [4.78, 5) is 2.40. The maximum Gasteiger partial charge on any atom is 0.0669 e. The quantitative estimate of drug-likeness (QED) is 0.677. The zero-order valence-corrected chi connectivity index (χ0v) is 13.2. The number of hydrogen-bond donors (Lipinski definition) is 2. The third-order valence-corrected chi connectivity index (χ3v) is 4.29. The molecule has 19 heavy (non-hydrogen) atoms. The Labute approximate surface area is 119 Å². The minimum atomic E-state index is -0.164. The average Bonchev–Trinajstić information content (AvgIpc) is 2.81. The molecule has 0 bridgehead atoms. The van der Waals surface area contributed by atoms with Gasteiger partial charge in [-0.25, -0.2) is 0 Å². The molecule has 0 heterocycles. The lowest BCUT2D eigenvalue weighted by atomic mass is 9.92. The maximum absolute atomic E-state index is 10.3. The van der Waals surface area contributed by atoms with Crippen LogP contribution in [0.1, 0.15) is 59.3 Å². The summed E-state index contributed by atoms with van der Waals surface area (Å²) >= 11 is 0. The van der Waals surface area contributed by atoms with Crippen LogP contribution in [0.25, 0.3) is 0 Å². The minimum Gasteiger partial charge on any atom is -0.392 e. The van der Waals surface area contributed by atoms with E-state index >= 15 is 0 Å². The van der Waals surface area contributed by atoms with Crippen LogP contribution in [0, 0.1) is 11.3 Å².